The summed E-state index contributed by atoms with van der Waals surface area (Å²) >= 11 is 0. The molecule has 0 spiro atoms. The first-order valence-electron chi connectivity index (χ1n) is 27.1. The van der Waals surface area contributed by atoms with E-state index in [0.717, 1.165) is 32.7 Å². The predicted molar refractivity (Wildman–Crippen MR) is 323 cm³/mol. The Bertz CT molecular complexity index is 3130. The van der Waals surface area contributed by atoms with Crippen molar-refractivity contribution in [2.24, 2.45) is 0 Å². The molecule has 8 atom stereocenters. The number of allylic oxidation sites excluding steroid dienone is 6. The maximum absolute atomic E-state index is 12.8. The molecule has 0 saturated heterocycles. The lowest BCUT2D eigenvalue weighted by Crippen LogP contribution is -2.49. The molecule has 2 aliphatic carbocycles. The number of aliphatic carboxylic acids is 2. The Balaban J connectivity index is 0.000000415. The third-order valence-electron chi connectivity index (χ3n) is 12.1. The Labute approximate surface area is 531 Å². The average Bonchev–Trinajstić information content (AvgIpc) is 0.864. The molecule has 14 nitrogen and oxygen atoms in total. The molecule has 0 bridgehead atoms. The zero-order valence-electron chi connectivity index (χ0n) is 51.1. The number of hydrogen-bond donors (Lipinski definition) is 6. The third-order valence-corrected chi connectivity index (χ3v) is 18.0. The van der Waals surface area contributed by atoms with Gasteiger partial charge >= 0.3 is 36.6 Å². The molecule has 0 aliphatic heterocycles. The SMILES string of the molecule is CC(O)(C(=O)O)C(F)(F)F.CC(O)(C(=O)O)C(F)(F)F.CC(O)(COc1ccc([S+](c2ccccc2)C2C=CC=CC2)cc1)C(F)(F)F.CC(O)(COc1ccc([S+](c2ccccc2)C2C=CC=CC2)cc1)C(F)(F)F.C[N+](C)(C)C.Cc1ccc(S(=O)(=O)[O-])cc1. The fourth-order valence-corrected chi connectivity index (χ4v) is 11.8. The van der Waals surface area contributed by atoms with Crippen molar-refractivity contribution in [1.82, 2.24) is 0 Å². The fraction of sp³-hybridized carbons (Fsp3) is 0.365. The van der Waals surface area contributed by atoms with E-state index in [1.807, 2.05) is 91.9 Å². The minimum atomic E-state index is -5.13. The van der Waals surface area contributed by atoms with Gasteiger partial charge in [-0.3, -0.25) is 0 Å². The van der Waals surface area contributed by atoms with E-state index in [2.05, 4.69) is 76.8 Å². The molecule has 7 rings (SSSR count). The molecular weight excluding hydrogens is 1300 g/mol. The topological polar surface area (TPSA) is 231 Å². The first-order valence-corrected chi connectivity index (χ1v) is 31.1. The molecule has 5 aromatic rings. The number of quaternary nitrogens is 1. The Morgan fingerprint density at radius 3 is 0.989 bits per heavy atom. The molecule has 0 amide bonds. The number of hydrogen-bond acceptors (Lipinski definition) is 11. The standard InChI is InChI=1S/2C22H22F3O2S.C7H8O3S.2C4H5F3O3.C4H12N/c2*1-21(26,22(23,24)25)16-27-17-12-14-20(15-13-17)28(18-8-4-2-5-9-18)19-10-6-3-7-11-19;1-6-2-4-7(5-3-6)11(8,9)10;2*1-3(10,2(8)9)4(5,6)7;1-5(2,3)4/h2*2-10,12-15,19,26H,11,16H2,1H3;2-5H,1H3,(H,8,9,10);2*10H,1H3,(H,8,9);1-4H3/q2*+1;;;;+1/p-1. The molecule has 2 aliphatic rings. The summed E-state index contributed by atoms with van der Waals surface area (Å²) in [5, 5.41) is 51.7. The Morgan fingerprint density at radius 2 is 0.772 bits per heavy atom. The number of ether oxygens (including phenoxy) is 2. The third kappa shape index (κ3) is 26.6. The van der Waals surface area contributed by atoms with Crippen LogP contribution in [0, 0.1) is 6.92 Å². The molecular formula is C63H73F12NO13S3+2. The van der Waals surface area contributed by atoms with Gasteiger partial charge in [0.25, 0.3) is 11.2 Å². The van der Waals surface area contributed by atoms with Crippen LogP contribution in [-0.4, -0.2) is 159 Å². The molecule has 0 aromatic heterocycles. The van der Waals surface area contributed by atoms with E-state index >= 15 is 0 Å². The number of aliphatic hydroxyl groups is 4. The molecule has 29 heteroatoms. The zero-order valence-corrected chi connectivity index (χ0v) is 53.5. The van der Waals surface area contributed by atoms with Gasteiger partial charge in [-0.25, -0.2) is 18.0 Å². The van der Waals surface area contributed by atoms with Crippen LogP contribution in [0.4, 0.5) is 52.7 Å². The van der Waals surface area contributed by atoms with E-state index < -0.39 is 82.4 Å². The Hall–Kier alpha value is -6.83. The van der Waals surface area contributed by atoms with Crippen molar-refractivity contribution in [3.63, 3.8) is 0 Å². The lowest BCUT2D eigenvalue weighted by Gasteiger charge is -2.26. The van der Waals surface area contributed by atoms with Crippen LogP contribution < -0.4 is 9.47 Å². The number of rotatable bonds is 15. The zero-order chi connectivity index (χ0) is 70.5. The second-order valence-electron chi connectivity index (χ2n) is 22.2. The molecule has 8 unspecified atom stereocenters. The second kappa shape index (κ2) is 33.8. The lowest BCUT2D eigenvalue weighted by molar-refractivity contribution is -0.849. The normalized spacial score (nSPS) is 18.0. The van der Waals surface area contributed by atoms with E-state index in [1.54, 1.807) is 36.4 Å². The Morgan fingerprint density at radius 1 is 0.489 bits per heavy atom. The van der Waals surface area contributed by atoms with Crippen LogP contribution in [0.1, 0.15) is 46.1 Å². The van der Waals surface area contributed by atoms with Crippen molar-refractivity contribution in [2.75, 3.05) is 41.4 Å². The number of nitrogens with zero attached hydrogens (tertiary/aromatic N) is 1. The van der Waals surface area contributed by atoms with Crippen LogP contribution in [0.2, 0.25) is 0 Å². The highest BCUT2D eigenvalue weighted by Crippen LogP contribution is 2.37. The minimum absolute atomic E-state index is 0.176. The molecule has 0 heterocycles. The summed E-state index contributed by atoms with van der Waals surface area (Å²) in [5.41, 5.74) is -12.1. The largest absolute Gasteiger partial charge is 0.744 e. The summed E-state index contributed by atoms with van der Waals surface area (Å²) in [6, 6.07) is 40.4. The maximum atomic E-state index is 12.8. The molecule has 0 saturated carbocycles. The summed E-state index contributed by atoms with van der Waals surface area (Å²) < 4.78 is 188. The van der Waals surface area contributed by atoms with Crippen molar-refractivity contribution < 1.29 is 120 Å². The van der Waals surface area contributed by atoms with Crippen molar-refractivity contribution in [1.29, 1.82) is 0 Å². The van der Waals surface area contributed by atoms with E-state index in [-0.39, 0.29) is 40.5 Å². The molecule has 508 valence electrons. The summed E-state index contributed by atoms with van der Waals surface area (Å²) in [7, 11) is 3.82. The monoisotopic (exact) mass is 1380 g/mol. The lowest BCUT2D eigenvalue weighted by atomic mass is 10.1. The van der Waals surface area contributed by atoms with Crippen LogP contribution in [-0.2, 0) is 41.5 Å². The highest BCUT2D eigenvalue weighted by Gasteiger charge is 2.57. The number of halogens is 12. The van der Waals surface area contributed by atoms with Gasteiger partial charge in [-0.15, -0.1) is 0 Å². The van der Waals surface area contributed by atoms with Gasteiger partial charge in [-0.1, -0.05) is 90.6 Å². The van der Waals surface area contributed by atoms with Crippen LogP contribution in [0.25, 0.3) is 0 Å². The summed E-state index contributed by atoms with van der Waals surface area (Å²) in [6.07, 6.45) is -1.03. The van der Waals surface area contributed by atoms with Gasteiger partial charge in [0.2, 0.25) is 0 Å². The molecule has 0 fully saturated rings. The van der Waals surface area contributed by atoms with Crippen molar-refractivity contribution >= 4 is 43.8 Å². The van der Waals surface area contributed by atoms with E-state index in [4.69, 9.17) is 29.9 Å². The molecule has 5 aromatic carbocycles. The number of carboxylic acid groups (broad SMARTS) is 2. The number of carboxylic acids is 2. The van der Waals surface area contributed by atoms with Crippen LogP contribution >= 0.6 is 0 Å². The molecule has 0 radical (unpaired) electrons. The van der Waals surface area contributed by atoms with Gasteiger partial charge < -0.3 is 49.1 Å². The molecule has 92 heavy (non-hydrogen) atoms. The number of carbonyl (C=O) groups is 2. The number of alkyl halides is 12. The van der Waals surface area contributed by atoms with E-state index in [1.165, 1.54) is 21.9 Å². The Kier molecular flexibility index (Phi) is 29.9. The van der Waals surface area contributed by atoms with Crippen LogP contribution in [0.5, 0.6) is 11.5 Å². The molecule has 6 N–H and O–H groups in total. The van der Waals surface area contributed by atoms with Gasteiger partial charge in [0.15, 0.2) is 41.3 Å². The van der Waals surface area contributed by atoms with Gasteiger partial charge in [-0.05, 0) is 132 Å². The minimum Gasteiger partial charge on any atom is -0.744 e. The average molecular weight is 1380 g/mol. The first kappa shape index (κ1) is 81.3. The van der Waals surface area contributed by atoms with E-state index in [9.17, 15) is 85.5 Å². The summed E-state index contributed by atoms with van der Waals surface area (Å²) in [5.74, 6) is -4.02. The van der Waals surface area contributed by atoms with Crippen molar-refractivity contribution in [3.8, 4) is 11.5 Å². The summed E-state index contributed by atoms with van der Waals surface area (Å²) in [6.45, 7) is 1.88. The van der Waals surface area contributed by atoms with E-state index in [0.29, 0.717) is 35.8 Å². The predicted octanol–water partition coefficient (Wildman–Crippen LogP) is 12.6. The van der Waals surface area contributed by atoms with Gasteiger partial charge in [0.1, 0.15) is 34.8 Å². The quantitative estimate of drug-likeness (QED) is 0.0248. The van der Waals surface area contributed by atoms with Crippen molar-refractivity contribution in [2.45, 2.75) is 130 Å². The maximum Gasteiger partial charge on any atom is 0.427 e. The number of aryl methyl sites for hydroxylation is 1. The van der Waals surface area contributed by atoms with Gasteiger partial charge in [0.05, 0.1) is 54.9 Å². The van der Waals surface area contributed by atoms with Crippen LogP contribution in [0.3, 0.4) is 0 Å². The second-order valence-corrected chi connectivity index (χ2v) is 28.1. The highest BCUT2D eigenvalue weighted by atomic mass is 32.2. The summed E-state index contributed by atoms with van der Waals surface area (Å²) in [4.78, 5) is 23.8. The highest BCUT2D eigenvalue weighted by molar-refractivity contribution is 7.98. The van der Waals surface area contributed by atoms with Gasteiger partial charge in [0, 0.05) is 12.8 Å². The number of benzene rings is 5. The smallest absolute Gasteiger partial charge is 0.427 e. The van der Waals surface area contributed by atoms with Gasteiger partial charge in [-0.2, -0.15) is 52.7 Å². The van der Waals surface area contributed by atoms with Crippen LogP contribution in [0.15, 0.2) is 207 Å². The fourth-order valence-electron chi connectivity index (χ4n) is 6.49. The first-order chi connectivity index (χ1) is 41.9. The van der Waals surface area contributed by atoms with Crippen molar-refractivity contribution in [3.05, 3.63) is 188 Å².